The van der Waals surface area contributed by atoms with Crippen LogP contribution in [0.5, 0.6) is 0 Å². The number of hydrogen-bond donors (Lipinski definition) is 2. The fourth-order valence-corrected chi connectivity index (χ4v) is 4.73. The lowest BCUT2D eigenvalue weighted by Gasteiger charge is -2.37. The van der Waals surface area contributed by atoms with E-state index in [1.165, 1.54) is 5.56 Å². The number of carboxylic acids is 1. The number of allylic oxidation sites excluding steroid dienone is 1. The summed E-state index contributed by atoms with van der Waals surface area (Å²) in [5, 5.41) is 17.3. The van der Waals surface area contributed by atoms with Crippen LogP contribution in [0.3, 0.4) is 0 Å². The van der Waals surface area contributed by atoms with Crippen molar-refractivity contribution in [3.8, 4) is 11.1 Å². The first-order valence-electron chi connectivity index (χ1n) is 11.8. The summed E-state index contributed by atoms with van der Waals surface area (Å²) < 4.78 is 0. The van der Waals surface area contributed by atoms with Gasteiger partial charge in [0, 0.05) is 37.1 Å². The van der Waals surface area contributed by atoms with Crippen molar-refractivity contribution in [2.45, 2.75) is 25.8 Å². The van der Waals surface area contributed by atoms with E-state index in [0.717, 1.165) is 46.9 Å². The van der Waals surface area contributed by atoms with Gasteiger partial charge >= 0.3 is 5.97 Å². The summed E-state index contributed by atoms with van der Waals surface area (Å²) in [6.45, 7) is 2.15. The maximum Gasteiger partial charge on any atom is 0.336 e. The highest BCUT2D eigenvalue weighted by Crippen LogP contribution is 2.32. The van der Waals surface area contributed by atoms with Gasteiger partial charge in [-0.15, -0.1) is 0 Å². The fourth-order valence-electron chi connectivity index (χ4n) is 4.73. The van der Waals surface area contributed by atoms with Crippen molar-refractivity contribution in [3.05, 3.63) is 114 Å². The maximum absolute atomic E-state index is 11.6. The number of fused-ring (bicyclic) bond motifs is 1. The first-order chi connectivity index (χ1) is 17.0. The van der Waals surface area contributed by atoms with Crippen LogP contribution in [-0.4, -0.2) is 39.9 Å². The molecule has 5 rings (SSSR count). The van der Waals surface area contributed by atoms with E-state index in [2.05, 4.69) is 46.7 Å². The van der Waals surface area contributed by atoms with Crippen LogP contribution < -0.4 is 5.32 Å². The van der Waals surface area contributed by atoms with Crippen LogP contribution in [0.25, 0.3) is 11.1 Å². The zero-order chi connectivity index (χ0) is 24.4. The molecule has 0 bridgehead atoms. The Morgan fingerprint density at radius 3 is 2.43 bits per heavy atom. The molecule has 35 heavy (non-hydrogen) atoms. The van der Waals surface area contributed by atoms with Crippen LogP contribution in [0.15, 0.2) is 108 Å². The standard InChI is InChI=1S/C29H28N4O2/c1-3-26-27(17-20-13-15-21(16-14-20)24-11-7-8-12-25(24)29(34)35)33-28(31-26)18-23(19-32(33)2)30-22-9-5-4-6-10-22/h4-16,18-19,27,30H,3,17H2,1-2H3,(H,34,35). The van der Waals surface area contributed by atoms with Gasteiger partial charge in [-0.2, -0.15) is 0 Å². The van der Waals surface area contributed by atoms with E-state index in [-0.39, 0.29) is 6.04 Å². The molecule has 2 heterocycles. The molecule has 0 radical (unpaired) electrons. The molecule has 3 aromatic carbocycles. The smallest absolute Gasteiger partial charge is 0.336 e. The van der Waals surface area contributed by atoms with Gasteiger partial charge in [-0.25, -0.2) is 9.79 Å². The summed E-state index contributed by atoms with van der Waals surface area (Å²) in [6.07, 6.45) is 5.86. The number of anilines is 1. The summed E-state index contributed by atoms with van der Waals surface area (Å²) >= 11 is 0. The Morgan fingerprint density at radius 1 is 1.00 bits per heavy atom. The highest BCUT2D eigenvalue weighted by molar-refractivity contribution is 5.96. The normalized spacial score (nSPS) is 16.9. The number of hydrazine groups is 1. The number of hydrogen-bond acceptors (Lipinski definition) is 5. The van der Waals surface area contributed by atoms with Crippen molar-refractivity contribution >= 4 is 17.4 Å². The molecule has 6 nitrogen and oxygen atoms in total. The van der Waals surface area contributed by atoms with E-state index in [9.17, 15) is 9.90 Å². The lowest BCUT2D eigenvalue weighted by Crippen LogP contribution is -2.45. The van der Waals surface area contributed by atoms with Gasteiger partial charge in [-0.05, 0) is 41.3 Å². The third-order valence-corrected chi connectivity index (χ3v) is 6.40. The summed E-state index contributed by atoms with van der Waals surface area (Å²) in [5.74, 6) is 0.0170. The molecule has 2 aliphatic heterocycles. The molecule has 0 saturated carbocycles. The molecular weight excluding hydrogens is 436 g/mol. The minimum absolute atomic E-state index is 0.128. The molecule has 2 N–H and O–H groups in total. The quantitative estimate of drug-likeness (QED) is 0.464. The Morgan fingerprint density at radius 2 is 1.71 bits per heavy atom. The first-order valence-corrected chi connectivity index (χ1v) is 11.8. The Labute approximate surface area is 205 Å². The maximum atomic E-state index is 11.6. The van der Waals surface area contributed by atoms with E-state index in [1.54, 1.807) is 12.1 Å². The molecule has 1 atom stereocenters. The molecule has 0 aromatic heterocycles. The Kier molecular flexibility index (Phi) is 6.10. The third kappa shape index (κ3) is 4.55. The van der Waals surface area contributed by atoms with Crippen LogP contribution in [0.2, 0.25) is 0 Å². The minimum Gasteiger partial charge on any atom is -0.478 e. The molecule has 0 saturated heterocycles. The van der Waals surface area contributed by atoms with E-state index in [4.69, 9.17) is 4.99 Å². The van der Waals surface area contributed by atoms with Crippen LogP contribution in [0, 0.1) is 0 Å². The molecule has 1 unspecified atom stereocenters. The molecule has 0 spiro atoms. The van der Waals surface area contributed by atoms with Crippen molar-refractivity contribution < 1.29 is 9.90 Å². The summed E-state index contributed by atoms with van der Waals surface area (Å²) in [4.78, 5) is 16.6. The van der Waals surface area contributed by atoms with Crippen molar-refractivity contribution in [1.82, 2.24) is 10.0 Å². The molecule has 176 valence electrons. The second kappa shape index (κ2) is 9.50. The van der Waals surface area contributed by atoms with Gasteiger partial charge in [0.1, 0.15) is 5.82 Å². The monoisotopic (exact) mass is 464 g/mol. The van der Waals surface area contributed by atoms with Crippen molar-refractivity contribution in [2.75, 3.05) is 12.4 Å². The number of aromatic carboxylic acids is 1. The van der Waals surface area contributed by atoms with Gasteiger partial charge in [0.25, 0.3) is 0 Å². The molecule has 0 amide bonds. The largest absolute Gasteiger partial charge is 0.478 e. The molecule has 0 aliphatic carbocycles. The zero-order valence-electron chi connectivity index (χ0n) is 19.8. The van der Waals surface area contributed by atoms with Gasteiger partial charge in [0.15, 0.2) is 0 Å². The fraction of sp³-hybridized carbons (Fsp3) is 0.172. The predicted octanol–water partition coefficient (Wildman–Crippen LogP) is 5.78. The van der Waals surface area contributed by atoms with E-state index >= 15 is 0 Å². The van der Waals surface area contributed by atoms with E-state index < -0.39 is 5.97 Å². The van der Waals surface area contributed by atoms with Gasteiger partial charge in [0.2, 0.25) is 0 Å². The number of nitrogens with one attached hydrogen (secondary N) is 1. The number of benzene rings is 3. The van der Waals surface area contributed by atoms with Gasteiger partial charge < -0.3 is 10.4 Å². The molecule has 0 fully saturated rings. The number of carboxylic acid groups (broad SMARTS) is 1. The SMILES string of the molecule is CCC1=NC2=CC(Nc3ccccc3)=CN(C)N2C1Cc1ccc(-c2ccccc2C(=O)O)cc1. The zero-order valence-corrected chi connectivity index (χ0v) is 19.8. The Bertz CT molecular complexity index is 1330. The average molecular weight is 465 g/mol. The lowest BCUT2D eigenvalue weighted by atomic mass is 9.96. The summed E-state index contributed by atoms with van der Waals surface area (Å²) in [7, 11) is 2.05. The molecule has 2 aliphatic rings. The summed E-state index contributed by atoms with van der Waals surface area (Å²) in [5.41, 5.74) is 6.30. The number of aliphatic imine (C=N–C) groups is 1. The van der Waals surface area contributed by atoms with Gasteiger partial charge in [-0.3, -0.25) is 10.0 Å². The van der Waals surface area contributed by atoms with Crippen LogP contribution >= 0.6 is 0 Å². The second-order valence-corrected chi connectivity index (χ2v) is 8.72. The van der Waals surface area contributed by atoms with Crippen LogP contribution in [0.1, 0.15) is 29.3 Å². The molecule has 3 aromatic rings. The third-order valence-electron chi connectivity index (χ3n) is 6.40. The number of rotatable bonds is 7. The van der Waals surface area contributed by atoms with Crippen molar-refractivity contribution in [2.24, 2.45) is 4.99 Å². The van der Waals surface area contributed by atoms with Gasteiger partial charge in [-0.1, -0.05) is 67.6 Å². The molecule has 6 heteroatoms. The van der Waals surface area contributed by atoms with E-state index in [1.807, 2.05) is 61.6 Å². The number of nitrogens with zero attached hydrogens (tertiary/aromatic N) is 3. The van der Waals surface area contributed by atoms with Gasteiger partial charge in [0.05, 0.1) is 17.3 Å². The number of carbonyl (C=O) groups is 1. The topological polar surface area (TPSA) is 68.2 Å². The predicted molar refractivity (Wildman–Crippen MR) is 140 cm³/mol. The highest BCUT2D eigenvalue weighted by Gasteiger charge is 2.35. The molecular formula is C29H28N4O2. The van der Waals surface area contributed by atoms with Crippen molar-refractivity contribution in [3.63, 3.8) is 0 Å². The minimum atomic E-state index is -0.916. The van der Waals surface area contributed by atoms with Crippen LogP contribution in [-0.2, 0) is 6.42 Å². The Hall–Kier alpha value is -4.32. The van der Waals surface area contributed by atoms with Crippen LogP contribution in [0.4, 0.5) is 5.69 Å². The summed E-state index contributed by atoms with van der Waals surface area (Å²) in [6, 6.07) is 25.6. The van der Waals surface area contributed by atoms with Crippen molar-refractivity contribution in [1.29, 1.82) is 0 Å². The second-order valence-electron chi connectivity index (χ2n) is 8.72. The first kappa shape index (κ1) is 22.5. The lowest BCUT2D eigenvalue weighted by molar-refractivity contribution is 0.0697. The number of para-hydroxylation sites is 1. The Balaban J connectivity index is 1.36. The average Bonchev–Trinajstić information content (AvgIpc) is 3.22. The van der Waals surface area contributed by atoms with E-state index in [0.29, 0.717) is 5.56 Å². The highest BCUT2D eigenvalue weighted by atomic mass is 16.4.